The molecule has 4 nitrogen and oxygen atoms in total. The van der Waals surface area contributed by atoms with Gasteiger partial charge in [-0.25, -0.2) is 0 Å². The summed E-state index contributed by atoms with van der Waals surface area (Å²) in [6.07, 6.45) is 3.00. The van der Waals surface area contributed by atoms with Crippen molar-refractivity contribution in [3.05, 3.63) is 44.7 Å². The highest BCUT2D eigenvalue weighted by Gasteiger charge is 2.24. The molecule has 0 bridgehead atoms. The molecule has 0 atom stereocenters. The number of thiazole rings is 1. The zero-order chi connectivity index (χ0) is 15.5. The van der Waals surface area contributed by atoms with Crippen LogP contribution in [0.15, 0.2) is 30.3 Å². The maximum Gasteiger partial charge on any atom is 0.267 e. The Morgan fingerprint density at radius 1 is 1.23 bits per heavy atom. The minimum atomic E-state index is 0.0320. The van der Waals surface area contributed by atoms with Gasteiger partial charge < -0.3 is 15.2 Å². The van der Waals surface area contributed by atoms with Crippen LogP contribution in [0.5, 0.6) is 0 Å². The molecule has 2 aromatic rings. The summed E-state index contributed by atoms with van der Waals surface area (Å²) < 4.78 is 2.56. The van der Waals surface area contributed by atoms with Gasteiger partial charge in [0.05, 0.1) is 0 Å². The zero-order valence-electron chi connectivity index (χ0n) is 12.3. The number of aromatic nitrogens is 1. The van der Waals surface area contributed by atoms with Gasteiger partial charge in [0, 0.05) is 19.6 Å². The molecule has 2 heterocycles. The Bertz CT molecular complexity index is 715. The molecule has 0 saturated carbocycles. The van der Waals surface area contributed by atoms with Gasteiger partial charge in [0.25, 0.3) is 5.91 Å². The van der Waals surface area contributed by atoms with Crippen molar-refractivity contribution in [3.63, 3.8) is 0 Å². The number of rotatable bonds is 4. The number of carbonyl (C=O) groups excluding carboxylic acids is 1. The average Bonchev–Trinajstić information content (AvgIpc) is 3.15. The second-order valence-electron chi connectivity index (χ2n) is 5.47. The maximum atomic E-state index is 12.5. The molecule has 1 saturated heterocycles. The SMILES string of the molecule is Nc1c(C(=O)N2CCCC2)sc(=S)n1CCc1ccccc1. The maximum absolute atomic E-state index is 12.5. The molecule has 1 aliphatic rings. The number of hydrogen-bond donors (Lipinski definition) is 1. The molecule has 0 aliphatic carbocycles. The topological polar surface area (TPSA) is 51.3 Å². The number of hydrogen-bond acceptors (Lipinski definition) is 4. The summed E-state index contributed by atoms with van der Waals surface area (Å²) in [6.45, 7) is 2.36. The summed E-state index contributed by atoms with van der Waals surface area (Å²) in [5, 5.41) is 0. The smallest absolute Gasteiger partial charge is 0.267 e. The van der Waals surface area contributed by atoms with E-state index in [0.717, 1.165) is 32.4 Å². The molecule has 0 spiro atoms. The number of likely N-dealkylation sites (tertiary alicyclic amines) is 1. The predicted octanol–water partition coefficient (Wildman–Crippen LogP) is 3.34. The molecule has 1 fully saturated rings. The average molecular weight is 333 g/mol. The van der Waals surface area contributed by atoms with Gasteiger partial charge in [-0.2, -0.15) is 0 Å². The lowest BCUT2D eigenvalue weighted by atomic mass is 10.1. The molecule has 1 aromatic heterocycles. The van der Waals surface area contributed by atoms with Crippen molar-refractivity contribution in [2.75, 3.05) is 18.8 Å². The number of benzene rings is 1. The Morgan fingerprint density at radius 3 is 2.59 bits per heavy atom. The van der Waals surface area contributed by atoms with Gasteiger partial charge in [-0.05, 0) is 37.0 Å². The Balaban J connectivity index is 1.78. The van der Waals surface area contributed by atoms with Crippen LogP contribution in [-0.4, -0.2) is 28.5 Å². The first kappa shape index (κ1) is 15.2. The highest BCUT2D eigenvalue weighted by molar-refractivity contribution is 7.73. The molecule has 1 aliphatic heterocycles. The van der Waals surface area contributed by atoms with Gasteiger partial charge in [0.15, 0.2) is 3.95 Å². The van der Waals surface area contributed by atoms with E-state index in [4.69, 9.17) is 18.0 Å². The molecule has 6 heteroatoms. The quantitative estimate of drug-likeness (QED) is 0.873. The summed E-state index contributed by atoms with van der Waals surface area (Å²) in [7, 11) is 0. The largest absolute Gasteiger partial charge is 0.384 e. The summed E-state index contributed by atoms with van der Waals surface area (Å²) in [4.78, 5) is 15.0. The van der Waals surface area contributed by atoms with Gasteiger partial charge in [0.2, 0.25) is 0 Å². The van der Waals surface area contributed by atoms with Crippen LogP contribution >= 0.6 is 23.6 Å². The second-order valence-corrected chi connectivity index (χ2v) is 7.11. The number of aryl methyl sites for hydroxylation is 1. The minimum Gasteiger partial charge on any atom is -0.384 e. The van der Waals surface area contributed by atoms with Crippen molar-refractivity contribution in [3.8, 4) is 0 Å². The summed E-state index contributed by atoms with van der Waals surface area (Å²) in [6, 6.07) is 10.2. The molecule has 1 amide bonds. The van der Waals surface area contributed by atoms with Crippen molar-refractivity contribution in [2.45, 2.75) is 25.8 Å². The van der Waals surface area contributed by atoms with E-state index in [1.807, 2.05) is 27.7 Å². The van der Waals surface area contributed by atoms with Crippen molar-refractivity contribution >= 4 is 35.3 Å². The number of amides is 1. The van der Waals surface area contributed by atoms with E-state index in [1.54, 1.807) is 0 Å². The van der Waals surface area contributed by atoms with Gasteiger partial charge in [-0.15, -0.1) is 0 Å². The van der Waals surface area contributed by atoms with Crippen LogP contribution in [-0.2, 0) is 13.0 Å². The van der Waals surface area contributed by atoms with E-state index in [2.05, 4.69) is 12.1 Å². The van der Waals surface area contributed by atoms with Crippen molar-refractivity contribution in [1.82, 2.24) is 9.47 Å². The fourth-order valence-electron chi connectivity index (χ4n) is 2.73. The van der Waals surface area contributed by atoms with Crippen LogP contribution in [0.4, 0.5) is 5.82 Å². The first-order chi connectivity index (χ1) is 10.7. The normalized spacial score (nSPS) is 14.5. The van der Waals surface area contributed by atoms with Crippen LogP contribution in [0.1, 0.15) is 28.1 Å². The van der Waals surface area contributed by atoms with Gasteiger partial charge in [-0.3, -0.25) is 4.79 Å². The highest BCUT2D eigenvalue weighted by Crippen LogP contribution is 2.25. The van der Waals surface area contributed by atoms with E-state index in [9.17, 15) is 4.79 Å². The molecule has 0 radical (unpaired) electrons. The third-order valence-electron chi connectivity index (χ3n) is 3.99. The molecule has 3 rings (SSSR count). The monoisotopic (exact) mass is 333 g/mol. The van der Waals surface area contributed by atoms with Crippen LogP contribution in [0.3, 0.4) is 0 Å². The molecular weight excluding hydrogens is 314 g/mol. The lowest BCUT2D eigenvalue weighted by molar-refractivity contribution is 0.0798. The second kappa shape index (κ2) is 6.62. The Labute approximate surface area is 139 Å². The van der Waals surface area contributed by atoms with Gasteiger partial charge in [-0.1, -0.05) is 41.7 Å². The van der Waals surface area contributed by atoms with Crippen LogP contribution in [0, 0.1) is 3.95 Å². The molecule has 0 unspecified atom stereocenters. The zero-order valence-corrected chi connectivity index (χ0v) is 14.0. The van der Waals surface area contributed by atoms with E-state index >= 15 is 0 Å². The third kappa shape index (κ3) is 3.08. The number of nitrogen functional groups attached to an aromatic ring is 1. The lowest BCUT2D eigenvalue weighted by Gasteiger charge is -2.14. The van der Waals surface area contributed by atoms with E-state index < -0.39 is 0 Å². The van der Waals surface area contributed by atoms with E-state index in [1.165, 1.54) is 16.9 Å². The Hall–Kier alpha value is -1.66. The fourth-order valence-corrected chi connectivity index (χ4v) is 4.08. The molecular formula is C16H19N3OS2. The summed E-state index contributed by atoms with van der Waals surface area (Å²) >= 11 is 6.73. The summed E-state index contributed by atoms with van der Waals surface area (Å²) in [5.41, 5.74) is 7.43. The molecule has 22 heavy (non-hydrogen) atoms. The van der Waals surface area contributed by atoms with Gasteiger partial charge in [0.1, 0.15) is 10.7 Å². The standard InChI is InChI=1S/C16H19N3OS2/c17-14-13(15(20)18-9-4-5-10-18)22-16(21)19(14)11-8-12-6-2-1-3-7-12/h1-3,6-7H,4-5,8-11,17H2. The number of anilines is 1. The van der Waals surface area contributed by atoms with Crippen molar-refractivity contribution in [1.29, 1.82) is 0 Å². The van der Waals surface area contributed by atoms with Crippen molar-refractivity contribution < 1.29 is 4.79 Å². The lowest BCUT2D eigenvalue weighted by Crippen LogP contribution is -2.27. The first-order valence-electron chi connectivity index (χ1n) is 7.49. The predicted molar refractivity (Wildman–Crippen MR) is 92.8 cm³/mol. The number of nitrogens with two attached hydrogens (primary N) is 1. The Morgan fingerprint density at radius 2 is 1.91 bits per heavy atom. The number of nitrogens with zero attached hydrogens (tertiary/aromatic N) is 2. The number of carbonyl (C=O) groups is 1. The molecule has 2 N–H and O–H groups in total. The van der Waals surface area contributed by atoms with Crippen molar-refractivity contribution in [2.24, 2.45) is 0 Å². The fraction of sp³-hybridized carbons (Fsp3) is 0.375. The highest BCUT2D eigenvalue weighted by atomic mass is 32.1. The minimum absolute atomic E-state index is 0.0320. The molecule has 1 aromatic carbocycles. The van der Waals surface area contributed by atoms with Crippen LogP contribution in [0.2, 0.25) is 0 Å². The first-order valence-corrected chi connectivity index (χ1v) is 8.71. The van der Waals surface area contributed by atoms with E-state index in [0.29, 0.717) is 21.2 Å². The third-order valence-corrected chi connectivity index (χ3v) is 5.44. The Kier molecular flexibility index (Phi) is 4.59. The molecule has 116 valence electrons. The summed E-state index contributed by atoms with van der Waals surface area (Å²) in [5.74, 6) is 0.549. The van der Waals surface area contributed by atoms with Crippen LogP contribution in [0.25, 0.3) is 0 Å². The van der Waals surface area contributed by atoms with Gasteiger partial charge >= 0.3 is 0 Å². The van der Waals surface area contributed by atoms with E-state index in [-0.39, 0.29) is 5.91 Å². The van der Waals surface area contributed by atoms with Crippen LogP contribution < -0.4 is 5.73 Å².